The molecule has 55 heavy (non-hydrogen) atoms. The molecule has 0 amide bonds. The van der Waals surface area contributed by atoms with Gasteiger partial charge in [0.1, 0.15) is 13.6 Å². The third-order valence-electron chi connectivity index (χ3n) is 11.5. The van der Waals surface area contributed by atoms with E-state index in [-0.39, 0.29) is 5.41 Å². The van der Waals surface area contributed by atoms with Gasteiger partial charge in [-0.05, 0) is 71.9 Å². The van der Waals surface area contributed by atoms with E-state index < -0.39 is 22.6 Å². The topological polar surface area (TPSA) is 30.4 Å². The molecule has 9 aromatic rings. The molecule has 0 N–H and O–H groups in total. The van der Waals surface area contributed by atoms with Gasteiger partial charge in [0.05, 0.1) is 11.0 Å². The Bertz CT molecular complexity index is 3000. The van der Waals surface area contributed by atoms with Crippen LogP contribution in [0.15, 0.2) is 178 Å². The van der Waals surface area contributed by atoms with Crippen LogP contribution in [-0.2, 0) is 5.41 Å². The fourth-order valence-corrected chi connectivity index (χ4v) is 19.3. The Morgan fingerprint density at radius 1 is 0.655 bits per heavy atom. The van der Waals surface area contributed by atoms with E-state index in [1.165, 1.54) is 26.3 Å². The molecule has 2 aromatic heterocycles. The van der Waals surface area contributed by atoms with E-state index >= 15 is 0 Å². The molecule has 3 nitrogen and oxygen atoms in total. The van der Waals surface area contributed by atoms with Gasteiger partial charge in [-0.3, -0.25) is 4.40 Å². The van der Waals surface area contributed by atoms with Gasteiger partial charge in [-0.25, -0.2) is 0 Å². The van der Waals surface area contributed by atoms with Crippen molar-refractivity contribution < 1.29 is 8.53 Å². The summed E-state index contributed by atoms with van der Waals surface area (Å²) < 4.78 is 35.8. The Hall–Kier alpha value is -5.41. The first-order chi connectivity index (χ1) is 27.9. The number of fused-ring (bicyclic) bond motifs is 7. The number of rotatable bonds is 5. The van der Waals surface area contributed by atoms with Crippen LogP contribution in [0.2, 0.25) is 13.0 Å². The van der Waals surface area contributed by atoms with Crippen LogP contribution in [0, 0.1) is 0 Å². The molecule has 1 aliphatic heterocycles. The first-order valence-electron chi connectivity index (χ1n) is 20.4. The second kappa shape index (κ2) is 12.6. The summed E-state index contributed by atoms with van der Waals surface area (Å²) in [6, 6.07) is 58.4. The van der Waals surface area contributed by atoms with Crippen molar-refractivity contribution in [2.75, 3.05) is 0 Å². The minimum absolute atomic E-state index is 0.191. The second-order valence-electron chi connectivity index (χ2n) is 15.9. The molecule has 6 heteroatoms. The number of nitrogens with zero attached hydrogens (tertiary/aromatic N) is 2. The fourth-order valence-electron chi connectivity index (χ4n) is 8.98. The molecule has 10 rings (SSSR count). The Balaban J connectivity index is 1.33. The molecule has 0 saturated heterocycles. The van der Waals surface area contributed by atoms with Crippen LogP contribution in [0.3, 0.4) is 0 Å². The minimum atomic E-state index is -3.27. The van der Waals surface area contributed by atoms with Crippen molar-refractivity contribution in [3.8, 4) is 11.1 Å². The predicted molar refractivity (Wildman–Crippen MR) is 238 cm³/mol. The summed E-state index contributed by atoms with van der Waals surface area (Å²) in [4.78, 5) is 7.33. The van der Waals surface area contributed by atoms with Gasteiger partial charge in [0.15, 0.2) is 13.7 Å². The lowest BCUT2D eigenvalue weighted by atomic mass is 9.81. The zero-order valence-corrected chi connectivity index (χ0v) is 34.1. The van der Waals surface area contributed by atoms with Crippen molar-refractivity contribution in [3.63, 3.8) is 0 Å². The number of hydrogen-bond donors (Lipinski definition) is 0. The van der Waals surface area contributed by atoms with Gasteiger partial charge in [-0.2, -0.15) is 4.98 Å². The maximum atomic E-state index is 9.13. The number of para-hydroxylation sites is 3. The van der Waals surface area contributed by atoms with Crippen molar-refractivity contribution >= 4 is 87.0 Å². The molecule has 0 spiro atoms. The van der Waals surface area contributed by atoms with Gasteiger partial charge in [-0.1, -0.05) is 185 Å². The van der Waals surface area contributed by atoms with E-state index in [1.807, 2.05) is 30.3 Å². The lowest BCUT2D eigenvalue weighted by molar-refractivity contribution is 0.592. The molecule has 0 radical (unpaired) electrons. The molecule has 1 unspecified atom stereocenters. The third-order valence-corrected chi connectivity index (χ3v) is 21.1. The number of oxazole rings is 1. The Kier molecular flexibility index (Phi) is 7.05. The summed E-state index contributed by atoms with van der Waals surface area (Å²) in [5, 5.41) is 6.89. The summed E-state index contributed by atoms with van der Waals surface area (Å²) in [6.07, 6.45) is 0. The minimum Gasteiger partial charge on any atom is -0.423 e. The van der Waals surface area contributed by atoms with Gasteiger partial charge in [-0.15, -0.1) is 0 Å². The molecule has 1 atom stereocenters. The summed E-state index contributed by atoms with van der Waals surface area (Å²) >= 11 is 1.75. The first-order valence-corrected chi connectivity index (χ1v) is 24.2. The quantitative estimate of drug-likeness (QED) is 0.130. The van der Waals surface area contributed by atoms with Crippen LogP contribution in [0.5, 0.6) is 0 Å². The van der Waals surface area contributed by atoms with Crippen molar-refractivity contribution in [1.82, 2.24) is 9.38 Å². The molecule has 0 saturated carbocycles. The van der Waals surface area contributed by atoms with E-state index in [9.17, 15) is 0 Å². The Labute approximate surface area is 332 Å². The van der Waals surface area contributed by atoms with E-state index in [2.05, 4.69) is 165 Å². The average Bonchev–Trinajstić information content (AvgIpc) is 3.78. The van der Waals surface area contributed by atoms with Crippen molar-refractivity contribution in [1.29, 1.82) is 0 Å². The smallest absolute Gasteiger partial charge is 0.307 e. The van der Waals surface area contributed by atoms with Crippen LogP contribution in [0.1, 0.15) is 30.4 Å². The van der Waals surface area contributed by atoms with Crippen LogP contribution >= 0.6 is 11.8 Å². The molecule has 0 fully saturated rings. The van der Waals surface area contributed by atoms with Gasteiger partial charge in [0.2, 0.25) is 0 Å². The average molecular weight is 766 g/mol. The molecule has 0 bridgehead atoms. The largest absolute Gasteiger partial charge is 0.423 e. The molecule has 3 heterocycles. The molecule has 0 aliphatic carbocycles. The van der Waals surface area contributed by atoms with Crippen molar-refractivity contribution in [2.24, 2.45) is 0 Å². The SMILES string of the molecule is [2H]C([2H])([2H])[Si]1(C)c2ccccc2Sc2c([Si](c3ccccc3)(c3ccccc3)c3ccc(C(C)(C)C)c(-c4cccc5c4nc4oc6ccccc6n45)c3)cccc21. The maximum Gasteiger partial charge on any atom is 0.307 e. The molecular weight excluding hydrogens is 721 g/mol. The summed E-state index contributed by atoms with van der Waals surface area (Å²) in [5.74, 6) is 0.573. The second-order valence-corrected chi connectivity index (χ2v) is 24.0. The van der Waals surface area contributed by atoms with E-state index in [0.717, 1.165) is 53.4 Å². The highest BCUT2D eigenvalue weighted by Gasteiger charge is 2.46. The Morgan fingerprint density at radius 2 is 1.31 bits per heavy atom. The maximum absolute atomic E-state index is 9.13. The fraction of sp³-hybridized carbons (Fsp3) is 0.122. The van der Waals surface area contributed by atoms with Crippen LogP contribution < -0.4 is 31.1 Å². The number of aromatic nitrogens is 2. The zero-order valence-electron chi connectivity index (χ0n) is 34.3. The van der Waals surface area contributed by atoms with E-state index in [1.54, 1.807) is 11.8 Å². The van der Waals surface area contributed by atoms with E-state index in [4.69, 9.17) is 13.5 Å². The first kappa shape index (κ1) is 30.9. The van der Waals surface area contributed by atoms with Gasteiger partial charge < -0.3 is 4.42 Å². The number of imidazole rings is 1. The zero-order chi connectivity index (χ0) is 40.0. The number of benzene rings is 7. The van der Waals surface area contributed by atoms with Gasteiger partial charge in [0, 0.05) is 19.5 Å². The standard InChI is InChI=1S/C49H42N2OSSi2/c1-49(2,3)38-31-30-35(32-37(38)36-22-16-24-40-46(36)50-48-51(40)39-23-12-13-25-41(39)52-48)55(33-18-8-6-9-19-33,34-20-10-7-11-21-34)45-29-17-28-44-47(45)53-42-26-14-15-27-43(42)54(44,4)5/h6-32H,1-5H3/i4D3. The summed E-state index contributed by atoms with van der Waals surface area (Å²) in [6.45, 7) is 6.73. The highest BCUT2D eigenvalue weighted by Crippen LogP contribution is 2.39. The van der Waals surface area contributed by atoms with E-state index in [0.29, 0.717) is 5.84 Å². The van der Waals surface area contributed by atoms with Crippen molar-refractivity contribution in [2.45, 2.75) is 49.0 Å². The molecular formula is C49H42N2OSSi2. The molecule has 1 aliphatic rings. The van der Waals surface area contributed by atoms with Gasteiger partial charge in [0.25, 0.3) is 0 Å². The summed E-state index contributed by atoms with van der Waals surface area (Å²) in [7, 11) is -6.49. The Morgan fingerprint density at radius 3 is 2.05 bits per heavy atom. The highest BCUT2D eigenvalue weighted by molar-refractivity contribution is 8.00. The molecule has 268 valence electrons. The lowest BCUT2D eigenvalue weighted by Crippen LogP contribution is -2.76. The molecule has 7 aromatic carbocycles. The predicted octanol–water partition coefficient (Wildman–Crippen LogP) is 8.86. The lowest BCUT2D eigenvalue weighted by Gasteiger charge is -2.40. The normalized spacial score (nSPS) is 16.8. The van der Waals surface area contributed by atoms with Crippen LogP contribution in [-0.4, -0.2) is 25.5 Å². The van der Waals surface area contributed by atoms with Gasteiger partial charge >= 0.3 is 5.84 Å². The van der Waals surface area contributed by atoms with Crippen molar-refractivity contribution in [3.05, 3.63) is 169 Å². The van der Waals surface area contributed by atoms with Crippen LogP contribution in [0.25, 0.3) is 39.1 Å². The third kappa shape index (κ3) is 5.12. The van der Waals surface area contributed by atoms with Crippen LogP contribution in [0.4, 0.5) is 0 Å². The number of hydrogen-bond acceptors (Lipinski definition) is 3. The monoisotopic (exact) mass is 765 g/mol. The highest BCUT2D eigenvalue weighted by atomic mass is 32.2. The summed E-state index contributed by atoms with van der Waals surface area (Å²) in [5.41, 5.74) is 6.91.